The summed E-state index contributed by atoms with van der Waals surface area (Å²) in [5.74, 6) is 1.89. The van der Waals surface area contributed by atoms with E-state index in [-0.39, 0.29) is 24.3 Å². The largest absolute Gasteiger partial charge is 0.353 e. The van der Waals surface area contributed by atoms with Gasteiger partial charge in [-0.3, -0.25) is 9.59 Å². The highest BCUT2D eigenvalue weighted by atomic mass is 35.5. The Hall–Kier alpha value is -2.33. The van der Waals surface area contributed by atoms with E-state index in [0.29, 0.717) is 16.5 Å². The molecule has 5 heteroatoms. The predicted octanol–water partition coefficient (Wildman–Crippen LogP) is 5.14. The highest BCUT2D eigenvalue weighted by molar-refractivity contribution is 6.33. The Balaban J connectivity index is 1.43. The second-order valence-corrected chi connectivity index (χ2v) is 9.22. The lowest BCUT2D eigenvalue weighted by molar-refractivity contribution is -0.122. The fourth-order valence-corrected chi connectivity index (χ4v) is 5.55. The molecule has 0 heterocycles. The van der Waals surface area contributed by atoms with Crippen molar-refractivity contribution < 1.29 is 9.59 Å². The first-order valence-electron chi connectivity index (χ1n) is 10.9. The molecule has 2 saturated carbocycles. The Morgan fingerprint density at radius 2 is 1.73 bits per heavy atom. The molecular weight excluding hydrogens is 396 g/mol. The second-order valence-electron chi connectivity index (χ2n) is 8.82. The molecule has 2 fully saturated rings. The minimum atomic E-state index is -0.415. The Morgan fingerprint density at radius 3 is 2.40 bits per heavy atom. The van der Waals surface area contributed by atoms with Gasteiger partial charge < -0.3 is 10.6 Å². The highest BCUT2D eigenvalue weighted by Gasteiger charge is 2.42. The van der Waals surface area contributed by atoms with E-state index in [2.05, 4.69) is 17.6 Å². The van der Waals surface area contributed by atoms with Gasteiger partial charge in [0.15, 0.2) is 0 Å². The lowest BCUT2D eigenvalue weighted by Crippen LogP contribution is -2.42. The van der Waals surface area contributed by atoms with Crippen LogP contribution in [0.2, 0.25) is 5.02 Å². The van der Waals surface area contributed by atoms with Crippen molar-refractivity contribution in [2.75, 3.05) is 0 Å². The molecular formula is C25H29ClN2O2. The molecule has 5 atom stereocenters. The number of fused-ring (bicyclic) bond motifs is 2. The van der Waals surface area contributed by atoms with Crippen molar-refractivity contribution in [3.63, 3.8) is 0 Å². The number of hydrogen-bond donors (Lipinski definition) is 2. The highest BCUT2D eigenvalue weighted by Crippen LogP contribution is 2.49. The molecule has 0 saturated heterocycles. The fraction of sp³-hybridized carbons (Fsp3) is 0.440. The van der Waals surface area contributed by atoms with Crippen LogP contribution in [-0.2, 0) is 4.79 Å². The first-order chi connectivity index (χ1) is 14.5. The number of benzene rings is 2. The molecule has 2 aromatic rings. The third kappa shape index (κ3) is 4.70. The summed E-state index contributed by atoms with van der Waals surface area (Å²) in [6, 6.07) is 16.3. The summed E-state index contributed by atoms with van der Waals surface area (Å²) in [7, 11) is 0. The van der Waals surface area contributed by atoms with Gasteiger partial charge in [-0.2, -0.15) is 0 Å². The maximum Gasteiger partial charge on any atom is 0.253 e. The monoisotopic (exact) mass is 424 g/mol. The maximum absolute atomic E-state index is 12.9. The number of carbonyl (C=O) groups is 2. The van der Waals surface area contributed by atoms with Crippen LogP contribution in [0.4, 0.5) is 0 Å². The molecule has 0 aliphatic heterocycles. The van der Waals surface area contributed by atoms with E-state index >= 15 is 0 Å². The first kappa shape index (κ1) is 20.9. The van der Waals surface area contributed by atoms with E-state index in [1.54, 1.807) is 24.3 Å². The average Bonchev–Trinajstić information content (AvgIpc) is 3.38. The van der Waals surface area contributed by atoms with Gasteiger partial charge >= 0.3 is 0 Å². The van der Waals surface area contributed by atoms with Crippen LogP contribution in [0.5, 0.6) is 0 Å². The molecule has 4 rings (SSSR count). The van der Waals surface area contributed by atoms with E-state index in [1.165, 1.54) is 25.7 Å². The van der Waals surface area contributed by atoms with E-state index in [0.717, 1.165) is 17.4 Å². The van der Waals surface area contributed by atoms with Gasteiger partial charge in [0.2, 0.25) is 5.91 Å². The van der Waals surface area contributed by atoms with Crippen LogP contribution in [0, 0.1) is 17.8 Å². The lowest BCUT2D eigenvalue weighted by atomic mass is 9.84. The van der Waals surface area contributed by atoms with Crippen molar-refractivity contribution in [2.24, 2.45) is 17.8 Å². The minimum absolute atomic E-state index is 0.0291. The second kappa shape index (κ2) is 9.22. The topological polar surface area (TPSA) is 58.2 Å². The van der Waals surface area contributed by atoms with Crippen LogP contribution in [0.25, 0.3) is 0 Å². The van der Waals surface area contributed by atoms with Gasteiger partial charge in [-0.25, -0.2) is 0 Å². The zero-order valence-corrected chi connectivity index (χ0v) is 18.1. The van der Waals surface area contributed by atoms with Gasteiger partial charge in [0.05, 0.1) is 23.0 Å². The van der Waals surface area contributed by atoms with Crippen molar-refractivity contribution in [1.82, 2.24) is 10.6 Å². The van der Waals surface area contributed by atoms with Crippen LogP contribution >= 0.6 is 11.6 Å². The smallest absolute Gasteiger partial charge is 0.253 e. The first-order valence-corrected chi connectivity index (χ1v) is 11.3. The molecule has 0 unspecified atom stereocenters. The van der Waals surface area contributed by atoms with E-state index in [9.17, 15) is 9.59 Å². The Labute approximate surface area is 183 Å². The number of amides is 2. The third-order valence-corrected chi connectivity index (χ3v) is 7.17. The predicted molar refractivity (Wildman–Crippen MR) is 119 cm³/mol. The Morgan fingerprint density at radius 1 is 1.00 bits per heavy atom. The van der Waals surface area contributed by atoms with Crippen LogP contribution < -0.4 is 10.6 Å². The molecule has 4 nitrogen and oxygen atoms in total. The zero-order valence-electron chi connectivity index (χ0n) is 17.3. The zero-order chi connectivity index (χ0) is 21.1. The summed E-state index contributed by atoms with van der Waals surface area (Å²) in [5.41, 5.74) is 1.32. The van der Waals surface area contributed by atoms with Crippen LogP contribution in [-0.4, -0.2) is 17.9 Å². The van der Waals surface area contributed by atoms with Gasteiger partial charge in [0, 0.05) is 6.04 Å². The Kier molecular flexibility index (Phi) is 6.43. The molecule has 0 aromatic heterocycles. The number of halogens is 1. The molecule has 2 amide bonds. The molecule has 2 N–H and O–H groups in total. The van der Waals surface area contributed by atoms with Crippen LogP contribution in [0.3, 0.4) is 0 Å². The molecule has 2 aliphatic carbocycles. The van der Waals surface area contributed by atoms with Gasteiger partial charge in [-0.1, -0.05) is 60.5 Å². The number of carbonyl (C=O) groups excluding carboxylic acids is 2. The average molecular weight is 425 g/mol. The van der Waals surface area contributed by atoms with Gasteiger partial charge in [0.1, 0.15) is 0 Å². The van der Waals surface area contributed by atoms with E-state index in [4.69, 9.17) is 11.6 Å². The van der Waals surface area contributed by atoms with Crippen molar-refractivity contribution in [1.29, 1.82) is 0 Å². The Bertz CT molecular complexity index is 901. The minimum Gasteiger partial charge on any atom is -0.353 e. The SMILES string of the molecule is C[C@H](NC(=O)C[C@@H](NC(=O)c1ccccc1Cl)c1ccccc1)[C@@H]1C[C@H]2CC[C@H]1C2. The van der Waals surface area contributed by atoms with Crippen molar-refractivity contribution in [3.05, 3.63) is 70.7 Å². The fourth-order valence-electron chi connectivity index (χ4n) is 5.33. The molecule has 2 aromatic carbocycles. The molecule has 30 heavy (non-hydrogen) atoms. The number of nitrogens with one attached hydrogen (secondary N) is 2. The molecule has 158 valence electrons. The number of hydrogen-bond acceptors (Lipinski definition) is 2. The van der Waals surface area contributed by atoms with Crippen LogP contribution in [0.15, 0.2) is 54.6 Å². The normalized spacial score (nSPS) is 24.3. The number of rotatable bonds is 7. The van der Waals surface area contributed by atoms with Crippen molar-refractivity contribution in [3.8, 4) is 0 Å². The van der Waals surface area contributed by atoms with Crippen molar-refractivity contribution in [2.45, 2.75) is 51.1 Å². The standard InChI is InChI=1S/C25H29ClN2O2/c1-16(21-14-17-11-12-19(21)13-17)27-24(29)15-23(18-7-3-2-4-8-18)28-25(30)20-9-5-6-10-22(20)26/h2-10,16-17,19,21,23H,11-15H2,1H3,(H,27,29)(H,28,30)/t16-,17-,19-,21-,23+/m0/s1. The summed E-state index contributed by atoms with van der Waals surface area (Å²) in [4.78, 5) is 25.7. The molecule has 0 radical (unpaired) electrons. The van der Waals surface area contributed by atoms with E-state index in [1.807, 2.05) is 30.3 Å². The summed E-state index contributed by atoms with van der Waals surface area (Å²) >= 11 is 6.19. The molecule has 2 aliphatic rings. The van der Waals surface area contributed by atoms with Gasteiger partial charge in [-0.15, -0.1) is 0 Å². The third-order valence-electron chi connectivity index (χ3n) is 6.84. The van der Waals surface area contributed by atoms with Gasteiger partial charge in [-0.05, 0) is 61.6 Å². The van der Waals surface area contributed by atoms with Crippen molar-refractivity contribution >= 4 is 23.4 Å². The summed E-state index contributed by atoms with van der Waals surface area (Å²) in [6.07, 6.45) is 5.41. The quantitative estimate of drug-likeness (QED) is 0.646. The van der Waals surface area contributed by atoms with Crippen LogP contribution in [0.1, 0.15) is 61.0 Å². The van der Waals surface area contributed by atoms with Gasteiger partial charge in [0.25, 0.3) is 5.91 Å². The lowest BCUT2D eigenvalue weighted by Gasteiger charge is -2.29. The van der Waals surface area contributed by atoms with E-state index < -0.39 is 6.04 Å². The molecule has 2 bridgehead atoms. The summed E-state index contributed by atoms with van der Waals surface area (Å²) in [5, 5.41) is 6.62. The maximum atomic E-state index is 12.9. The molecule has 0 spiro atoms. The summed E-state index contributed by atoms with van der Waals surface area (Å²) in [6.45, 7) is 2.13. The summed E-state index contributed by atoms with van der Waals surface area (Å²) < 4.78 is 0.